The maximum Gasteiger partial charge on any atom is 0.251 e. The lowest BCUT2D eigenvalue weighted by molar-refractivity contribution is 0.0956. The highest BCUT2D eigenvalue weighted by molar-refractivity contribution is 7.07. The largest absolute Gasteiger partial charge is 0.356 e. The number of nitrogens with zero attached hydrogens (tertiary/aromatic N) is 1. The maximum absolute atomic E-state index is 11.8. The molecule has 0 spiro atoms. The van der Waals surface area contributed by atoms with E-state index >= 15 is 0 Å². The monoisotopic (exact) mass is 358 g/mol. The van der Waals surface area contributed by atoms with Crippen molar-refractivity contribution >= 4 is 23.2 Å². The van der Waals surface area contributed by atoms with E-state index in [1.54, 1.807) is 18.4 Å². The summed E-state index contributed by atoms with van der Waals surface area (Å²) in [6.45, 7) is 6.22. The second-order valence-electron chi connectivity index (χ2n) is 5.82. The molecule has 2 rings (SSSR count). The molecule has 0 aliphatic carbocycles. The van der Waals surface area contributed by atoms with E-state index in [2.05, 4.69) is 44.7 Å². The summed E-state index contributed by atoms with van der Waals surface area (Å²) in [7, 11) is 1.77. The lowest BCUT2D eigenvalue weighted by Gasteiger charge is -2.15. The van der Waals surface area contributed by atoms with Crippen LogP contribution in [0.15, 0.2) is 46.1 Å². The van der Waals surface area contributed by atoms with Crippen molar-refractivity contribution in [2.24, 2.45) is 4.99 Å². The fourth-order valence-corrected chi connectivity index (χ4v) is 3.15. The van der Waals surface area contributed by atoms with Crippen LogP contribution in [0.3, 0.4) is 0 Å². The molecule has 0 saturated heterocycles. The van der Waals surface area contributed by atoms with Gasteiger partial charge < -0.3 is 16.0 Å². The van der Waals surface area contributed by atoms with Crippen molar-refractivity contribution in [1.82, 2.24) is 16.0 Å². The van der Waals surface area contributed by atoms with E-state index in [0.717, 1.165) is 18.1 Å². The minimum absolute atomic E-state index is 0.0399. The number of amides is 1. The number of guanidine groups is 1. The third-order valence-electron chi connectivity index (χ3n) is 3.92. The van der Waals surface area contributed by atoms with Gasteiger partial charge >= 0.3 is 0 Å². The van der Waals surface area contributed by atoms with Gasteiger partial charge in [-0.1, -0.05) is 19.1 Å². The molecule has 3 N–H and O–H groups in total. The average Bonchev–Trinajstić information content (AvgIpc) is 3.17. The first-order valence-corrected chi connectivity index (χ1v) is 9.42. The lowest BCUT2D eigenvalue weighted by atomic mass is 10.1. The molecule has 2 aromatic rings. The predicted octanol–water partition coefficient (Wildman–Crippen LogP) is 2.97. The molecule has 1 heterocycles. The summed E-state index contributed by atoms with van der Waals surface area (Å²) in [6, 6.07) is 9.76. The van der Waals surface area contributed by atoms with Crippen molar-refractivity contribution in [1.29, 1.82) is 0 Å². The summed E-state index contributed by atoms with van der Waals surface area (Å²) in [5.41, 5.74) is 3.12. The van der Waals surface area contributed by atoms with Crippen molar-refractivity contribution in [2.45, 2.75) is 26.3 Å². The molecule has 1 aromatic carbocycles. The van der Waals surface area contributed by atoms with Crippen LogP contribution in [-0.4, -0.2) is 32.0 Å². The van der Waals surface area contributed by atoms with Crippen LogP contribution in [0.5, 0.6) is 0 Å². The summed E-state index contributed by atoms with van der Waals surface area (Å²) in [5, 5.41) is 13.7. The van der Waals surface area contributed by atoms with Crippen molar-refractivity contribution in [3.05, 3.63) is 57.8 Å². The van der Waals surface area contributed by atoms with Crippen LogP contribution in [0.2, 0.25) is 0 Å². The minimum Gasteiger partial charge on any atom is -0.356 e. The summed E-state index contributed by atoms with van der Waals surface area (Å²) in [5.74, 6) is 1.16. The van der Waals surface area contributed by atoms with E-state index in [1.165, 1.54) is 5.56 Å². The molecule has 25 heavy (non-hydrogen) atoms. The van der Waals surface area contributed by atoms with Crippen molar-refractivity contribution in [2.75, 3.05) is 20.1 Å². The Morgan fingerprint density at radius 1 is 1.16 bits per heavy atom. The molecular weight excluding hydrogens is 332 g/mol. The fraction of sp³-hybridized carbons (Fsp3) is 0.368. The zero-order valence-electron chi connectivity index (χ0n) is 15.0. The van der Waals surface area contributed by atoms with Gasteiger partial charge in [0.05, 0.1) is 0 Å². The second kappa shape index (κ2) is 9.84. The van der Waals surface area contributed by atoms with Crippen molar-refractivity contribution in [3.63, 3.8) is 0 Å². The van der Waals surface area contributed by atoms with E-state index in [0.29, 0.717) is 24.6 Å². The highest BCUT2D eigenvalue weighted by Crippen LogP contribution is 2.16. The van der Waals surface area contributed by atoms with Gasteiger partial charge in [-0.3, -0.25) is 9.79 Å². The first-order chi connectivity index (χ1) is 12.1. The number of nitrogens with one attached hydrogen (secondary N) is 3. The molecule has 6 heteroatoms. The Hall–Kier alpha value is -2.34. The Morgan fingerprint density at radius 3 is 2.52 bits per heavy atom. The average molecular weight is 359 g/mol. The second-order valence-corrected chi connectivity index (χ2v) is 6.60. The van der Waals surface area contributed by atoms with Crippen molar-refractivity contribution < 1.29 is 4.79 Å². The zero-order valence-corrected chi connectivity index (χ0v) is 15.8. The van der Waals surface area contributed by atoms with E-state index in [4.69, 9.17) is 0 Å². The van der Waals surface area contributed by atoms with Crippen LogP contribution in [-0.2, 0) is 6.54 Å². The molecule has 0 aliphatic rings. The van der Waals surface area contributed by atoms with Crippen LogP contribution in [0.4, 0.5) is 0 Å². The molecule has 0 radical (unpaired) electrons. The third kappa shape index (κ3) is 5.90. The van der Waals surface area contributed by atoms with Crippen LogP contribution < -0.4 is 16.0 Å². The smallest absolute Gasteiger partial charge is 0.251 e. The molecule has 0 fully saturated rings. The van der Waals surface area contributed by atoms with Gasteiger partial charge in [-0.25, -0.2) is 0 Å². The predicted molar refractivity (Wildman–Crippen MR) is 105 cm³/mol. The first kappa shape index (κ1) is 19.0. The Morgan fingerprint density at radius 2 is 1.92 bits per heavy atom. The quantitative estimate of drug-likeness (QED) is 0.527. The Kier molecular flexibility index (Phi) is 7.47. The molecule has 1 atom stereocenters. The van der Waals surface area contributed by atoms with Gasteiger partial charge in [0.2, 0.25) is 0 Å². The molecule has 1 aromatic heterocycles. The van der Waals surface area contributed by atoms with Gasteiger partial charge in [0.25, 0.3) is 5.91 Å². The molecule has 0 aliphatic heterocycles. The van der Waals surface area contributed by atoms with E-state index in [-0.39, 0.29) is 5.91 Å². The van der Waals surface area contributed by atoms with Gasteiger partial charge in [0.1, 0.15) is 0 Å². The minimum atomic E-state index is -0.0399. The molecule has 0 bridgehead atoms. The molecule has 1 unspecified atom stereocenters. The molecular formula is C19H26N4OS. The summed E-state index contributed by atoms with van der Waals surface area (Å²) in [4.78, 5) is 16.0. The standard InChI is InChI=1S/C19H26N4OS/c1-4-21-18(24)16-7-5-15(6-8-16)12-23-19(20-3)22-11-14(2)17-9-10-25-13-17/h5-10,13-14H,4,11-12H2,1-3H3,(H,21,24)(H2,20,22,23). The molecule has 134 valence electrons. The van der Waals surface area contributed by atoms with Gasteiger partial charge in [-0.15, -0.1) is 0 Å². The normalized spacial score (nSPS) is 12.5. The fourth-order valence-electron chi connectivity index (χ4n) is 2.37. The molecule has 1 amide bonds. The van der Waals surface area contributed by atoms with E-state index in [9.17, 15) is 4.79 Å². The van der Waals surface area contributed by atoms with Crippen LogP contribution >= 0.6 is 11.3 Å². The summed E-state index contributed by atoms with van der Waals surface area (Å²) < 4.78 is 0. The van der Waals surface area contributed by atoms with Gasteiger partial charge in [0.15, 0.2) is 5.96 Å². The Bertz CT molecular complexity index is 680. The van der Waals surface area contributed by atoms with E-state index in [1.807, 2.05) is 31.2 Å². The van der Waals surface area contributed by atoms with Gasteiger partial charge in [0, 0.05) is 32.2 Å². The van der Waals surface area contributed by atoms with Crippen LogP contribution in [0.25, 0.3) is 0 Å². The lowest BCUT2D eigenvalue weighted by Crippen LogP contribution is -2.38. The number of carbonyl (C=O) groups excluding carboxylic acids is 1. The summed E-state index contributed by atoms with van der Waals surface area (Å²) >= 11 is 1.72. The number of benzene rings is 1. The summed E-state index contributed by atoms with van der Waals surface area (Å²) in [6.07, 6.45) is 0. The number of carbonyl (C=O) groups is 1. The van der Waals surface area contributed by atoms with Crippen LogP contribution in [0, 0.1) is 0 Å². The van der Waals surface area contributed by atoms with Gasteiger partial charge in [-0.2, -0.15) is 11.3 Å². The highest BCUT2D eigenvalue weighted by atomic mass is 32.1. The number of hydrogen-bond donors (Lipinski definition) is 3. The Labute approximate surface area is 153 Å². The molecule has 5 nitrogen and oxygen atoms in total. The van der Waals surface area contributed by atoms with E-state index < -0.39 is 0 Å². The third-order valence-corrected chi connectivity index (χ3v) is 4.63. The Balaban J connectivity index is 1.81. The maximum atomic E-state index is 11.8. The number of thiophene rings is 1. The molecule has 0 saturated carbocycles. The van der Waals surface area contributed by atoms with Crippen LogP contribution in [0.1, 0.15) is 41.3 Å². The zero-order chi connectivity index (χ0) is 18.1. The number of hydrogen-bond acceptors (Lipinski definition) is 3. The number of aliphatic imine (C=N–C) groups is 1. The van der Waals surface area contributed by atoms with Gasteiger partial charge in [-0.05, 0) is 52.9 Å². The highest BCUT2D eigenvalue weighted by Gasteiger charge is 2.07. The SMILES string of the molecule is CCNC(=O)c1ccc(CNC(=NC)NCC(C)c2ccsc2)cc1. The first-order valence-electron chi connectivity index (χ1n) is 8.47. The number of rotatable bonds is 7. The topological polar surface area (TPSA) is 65.5 Å². The van der Waals surface area contributed by atoms with Crippen molar-refractivity contribution in [3.8, 4) is 0 Å².